The number of hydrogen-bond donors (Lipinski definition) is 1. The molecule has 0 fully saturated rings. The number of rotatable bonds is 2. The molecule has 3 rings (SSSR count). The van der Waals surface area contributed by atoms with Gasteiger partial charge in [0.15, 0.2) is 11.9 Å². The largest absolute Gasteiger partial charge is 0.481 e. The molecule has 0 amide bonds. The molecule has 2 N–H and O–H groups in total. The van der Waals surface area contributed by atoms with Crippen LogP contribution in [0.3, 0.4) is 0 Å². The molecule has 2 aromatic rings. The van der Waals surface area contributed by atoms with Gasteiger partial charge in [-0.2, -0.15) is 0 Å². The molecule has 1 atom stereocenters. The topological polar surface area (TPSA) is 50.8 Å². The van der Waals surface area contributed by atoms with Gasteiger partial charge >= 0.3 is 0 Å². The van der Waals surface area contributed by atoms with Gasteiger partial charge in [-0.25, -0.2) is 4.99 Å². The number of likely N-dealkylation sites (N-methyl/N-ethyl adjacent to an activating group) is 1. The minimum Gasteiger partial charge on any atom is -0.481 e. The van der Waals surface area contributed by atoms with Crippen molar-refractivity contribution in [3.8, 4) is 5.75 Å². The smallest absolute Gasteiger partial charge is 0.154 e. The number of aliphatic imine (C=N–C) groups is 1. The summed E-state index contributed by atoms with van der Waals surface area (Å²) in [5.41, 5.74) is 8.44. The molecule has 2 aromatic carbocycles. The predicted octanol–water partition coefficient (Wildman–Crippen LogP) is 3.61. The Morgan fingerprint density at radius 3 is 2.67 bits per heavy atom. The number of nitrogens with zero attached hydrogens (tertiary/aromatic N) is 2. The molecule has 4 nitrogen and oxygen atoms in total. The van der Waals surface area contributed by atoms with Gasteiger partial charge in [-0.05, 0) is 44.2 Å². The number of nitrogen functional groups attached to an aromatic ring is 1. The van der Waals surface area contributed by atoms with E-state index in [-0.39, 0.29) is 6.10 Å². The summed E-state index contributed by atoms with van der Waals surface area (Å²) in [4.78, 5) is 6.94. The van der Waals surface area contributed by atoms with Gasteiger partial charge in [-0.3, -0.25) is 0 Å². The van der Waals surface area contributed by atoms with Crippen LogP contribution in [0.1, 0.15) is 13.8 Å². The van der Waals surface area contributed by atoms with Crippen LogP contribution in [0, 0.1) is 0 Å². The number of anilines is 2. The van der Waals surface area contributed by atoms with E-state index in [2.05, 4.69) is 24.0 Å². The minimum atomic E-state index is -0.0960. The van der Waals surface area contributed by atoms with Crippen LogP contribution >= 0.6 is 0 Å². The molecule has 0 bridgehead atoms. The summed E-state index contributed by atoms with van der Waals surface area (Å²) >= 11 is 0. The number of nitrogens with two attached hydrogens (primary N) is 1. The third-order valence-corrected chi connectivity index (χ3v) is 3.55. The van der Waals surface area contributed by atoms with Crippen molar-refractivity contribution in [1.82, 2.24) is 0 Å². The van der Waals surface area contributed by atoms with Gasteiger partial charge in [0.1, 0.15) is 11.4 Å². The molecule has 1 aliphatic rings. The molecule has 0 radical (unpaired) electrons. The van der Waals surface area contributed by atoms with Crippen LogP contribution in [-0.4, -0.2) is 18.5 Å². The highest BCUT2D eigenvalue weighted by atomic mass is 16.5. The normalized spacial score (nSPS) is 16.7. The molecule has 21 heavy (non-hydrogen) atoms. The number of benzene rings is 2. The first kappa shape index (κ1) is 13.5. The second-order valence-electron chi connectivity index (χ2n) is 5.04. The summed E-state index contributed by atoms with van der Waals surface area (Å²) in [6, 6.07) is 15.8. The lowest BCUT2D eigenvalue weighted by Crippen LogP contribution is -2.42. The summed E-state index contributed by atoms with van der Waals surface area (Å²) in [5, 5.41) is 0. The lowest BCUT2D eigenvalue weighted by atomic mass is 10.2. The van der Waals surface area contributed by atoms with Crippen LogP contribution in [0.25, 0.3) is 0 Å². The highest BCUT2D eigenvalue weighted by molar-refractivity contribution is 6.03. The Morgan fingerprint density at radius 1 is 1.19 bits per heavy atom. The molecular weight excluding hydrogens is 262 g/mol. The van der Waals surface area contributed by atoms with E-state index in [1.54, 1.807) is 0 Å². The van der Waals surface area contributed by atoms with Crippen molar-refractivity contribution >= 4 is 22.9 Å². The maximum atomic E-state index is 5.98. The van der Waals surface area contributed by atoms with Gasteiger partial charge in [0.05, 0.1) is 0 Å². The van der Waals surface area contributed by atoms with E-state index in [4.69, 9.17) is 15.5 Å². The SMILES string of the molecule is CCN(C1=Nc2cc(N)ccc2OC1C)c1ccccc1. The molecule has 0 saturated carbocycles. The zero-order valence-electron chi connectivity index (χ0n) is 12.3. The van der Waals surface area contributed by atoms with Gasteiger partial charge in [-0.15, -0.1) is 0 Å². The summed E-state index contributed by atoms with van der Waals surface area (Å²) in [5.74, 6) is 1.69. The summed E-state index contributed by atoms with van der Waals surface area (Å²) in [6.07, 6.45) is -0.0960. The first-order chi connectivity index (χ1) is 10.2. The minimum absolute atomic E-state index is 0.0960. The zero-order chi connectivity index (χ0) is 14.8. The van der Waals surface area contributed by atoms with Crippen molar-refractivity contribution in [2.45, 2.75) is 20.0 Å². The van der Waals surface area contributed by atoms with Gasteiger partial charge in [0, 0.05) is 17.9 Å². The quantitative estimate of drug-likeness (QED) is 0.856. The Balaban J connectivity index is 2.04. The van der Waals surface area contributed by atoms with E-state index in [0.717, 1.165) is 29.5 Å². The van der Waals surface area contributed by atoms with Crippen molar-refractivity contribution in [1.29, 1.82) is 0 Å². The van der Waals surface area contributed by atoms with Crippen molar-refractivity contribution in [3.05, 3.63) is 48.5 Å². The van der Waals surface area contributed by atoms with E-state index in [1.165, 1.54) is 0 Å². The number of hydrogen-bond acceptors (Lipinski definition) is 4. The molecule has 1 unspecified atom stereocenters. The van der Waals surface area contributed by atoms with Crippen LogP contribution in [0.5, 0.6) is 5.75 Å². The van der Waals surface area contributed by atoms with Gasteiger partial charge in [-0.1, -0.05) is 18.2 Å². The molecule has 0 aromatic heterocycles. The second-order valence-corrected chi connectivity index (χ2v) is 5.04. The third-order valence-electron chi connectivity index (χ3n) is 3.55. The van der Waals surface area contributed by atoms with Crippen molar-refractivity contribution in [3.63, 3.8) is 0 Å². The van der Waals surface area contributed by atoms with Crippen LogP contribution in [0.2, 0.25) is 0 Å². The number of ether oxygens (including phenoxy) is 1. The third kappa shape index (κ3) is 2.57. The highest BCUT2D eigenvalue weighted by Crippen LogP contribution is 2.35. The Kier molecular flexibility index (Phi) is 3.52. The lowest BCUT2D eigenvalue weighted by Gasteiger charge is -2.32. The molecule has 0 spiro atoms. The molecule has 108 valence electrons. The average molecular weight is 281 g/mol. The molecule has 4 heteroatoms. The van der Waals surface area contributed by atoms with Crippen LogP contribution in [-0.2, 0) is 0 Å². The molecular formula is C17H19N3O. The fraction of sp³-hybridized carbons (Fsp3) is 0.235. The van der Waals surface area contributed by atoms with Crippen molar-refractivity contribution in [2.24, 2.45) is 4.99 Å². The summed E-state index contributed by atoms with van der Waals surface area (Å²) in [7, 11) is 0. The van der Waals surface area contributed by atoms with E-state index < -0.39 is 0 Å². The van der Waals surface area contributed by atoms with Crippen molar-refractivity contribution in [2.75, 3.05) is 17.2 Å². The van der Waals surface area contributed by atoms with Crippen molar-refractivity contribution < 1.29 is 4.74 Å². The summed E-state index contributed by atoms with van der Waals surface area (Å²) < 4.78 is 5.98. The standard InChI is InChI=1S/C17H19N3O/c1-3-20(14-7-5-4-6-8-14)17-12(2)21-16-10-9-13(18)11-15(16)19-17/h4-12H,3,18H2,1-2H3. The Bertz CT molecular complexity index is 667. The number of para-hydroxylation sites is 1. The lowest BCUT2D eigenvalue weighted by molar-refractivity contribution is 0.280. The fourth-order valence-corrected chi connectivity index (χ4v) is 2.54. The Hall–Kier alpha value is -2.49. The summed E-state index contributed by atoms with van der Waals surface area (Å²) in [6.45, 7) is 4.95. The number of amidine groups is 1. The van der Waals surface area contributed by atoms with Gasteiger partial charge < -0.3 is 15.4 Å². The molecule has 0 aliphatic carbocycles. The highest BCUT2D eigenvalue weighted by Gasteiger charge is 2.25. The molecule has 0 saturated heterocycles. The Morgan fingerprint density at radius 2 is 1.95 bits per heavy atom. The zero-order valence-corrected chi connectivity index (χ0v) is 12.3. The predicted molar refractivity (Wildman–Crippen MR) is 87.5 cm³/mol. The fourth-order valence-electron chi connectivity index (χ4n) is 2.54. The van der Waals surface area contributed by atoms with Crippen LogP contribution < -0.4 is 15.4 Å². The first-order valence-electron chi connectivity index (χ1n) is 7.16. The Labute approximate surface area is 124 Å². The van der Waals surface area contributed by atoms with Crippen LogP contribution in [0.15, 0.2) is 53.5 Å². The molecule has 1 aliphatic heterocycles. The number of fused-ring (bicyclic) bond motifs is 1. The van der Waals surface area contributed by atoms with E-state index >= 15 is 0 Å². The van der Waals surface area contributed by atoms with E-state index in [9.17, 15) is 0 Å². The first-order valence-corrected chi connectivity index (χ1v) is 7.16. The maximum absolute atomic E-state index is 5.98. The monoisotopic (exact) mass is 281 g/mol. The van der Waals surface area contributed by atoms with E-state index in [0.29, 0.717) is 5.69 Å². The van der Waals surface area contributed by atoms with Gasteiger partial charge in [0.2, 0.25) is 0 Å². The second kappa shape index (κ2) is 5.48. The average Bonchev–Trinajstić information content (AvgIpc) is 2.50. The van der Waals surface area contributed by atoms with Crippen LogP contribution in [0.4, 0.5) is 17.1 Å². The maximum Gasteiger partial charge on any atom is 0.154 e. The van der Waals surface area contributed by atoms with Gasteiger partial charge in [0.25, 0.3) is 0 Å². The molecule has 1 heterocycles. The van der Waals surface area contributed by atoms with E-state index in [1.807, 2.05) is 43.3 Å².